The van der Waals surface area contributed by atoms with Crippen LogP contribution in [0.5, 0.6) is 0 Å². The lowest BCUT2D eigenvalue weighted by Gasteiger charge is -2.18. The molecule has 0 saturated carbocycles. The lowest BCUT2D eigenvalue weighted by Crippen LogP contribution is -2.23. The van der Waals surface area contributed by atoms with Gasteiger partial charge in [-0.05, 0) is 0 Å². The van der Waals surface area contributed by atoms with Gasteiger partial charge in [0, 0.05) is 18.3 Å². The second-order valence-corrected chi connectivity index (χ2v) is 13.4. The van der Waals surface area contributed by atoms with Crippen LogP contribution in [0.3, 0.4) is 0 Å². The maximum absolute atomic E-state index is 11.5. The van der Waals surface area contributed by atoms with Crippen LogP contribution in [0.15, 0.2) is 0 Å². The quantitative estimate of drug-likeness (QED) is 0.399. The van der Waals surface area contributed by atoms with Crippen molar-refractivity contribution in [3.63, 3.8) is 0 Å². The third-order valence-electron chi connectivity index (χ3n) is 2.82. The normalized spacial score (nSPS) is 43.9. The van der Waals surface area contributed by atoms with Crippen LogP contribution in [0.25, 0.3) is 0 Å². The van der Waals surface area contributed by atoms with Crippen molar-refractivity contribution in [3.8, 4) is 0 Å². The van der Waals surface area contributed by atoms with E-state index in [1.807, 2.05) is 0 Å². The number of thioether (sulfide) groups is 1. The lowest BCUT2D eigenvalue weighted by atomic mass is 10.4. The number of alkyl halides is 2. The third-order valence-corrected chi connectivity index (χ3v) is 13.2. The largest absolute Gasteiger partial charge is 0.229 e. The van der Waals surface area contributed by atoms with E-state index in [1.54, 1.807) is 11.8 Å². The van der Waals surface area contributed by atoms with Gasteiger partial charge >= 0.3 is 0 Å². The third kappa shape index (κ3) is 3.85. The molecule has 0 aromatic heterocycles. The van der Waals surface area contributed by atoms with Crippen molar-refractivity contribution >= 4 is 76.6 Å². The second-order valence-electron chi connectivity index (χ2n) is 4.40. The Bertz CT molecular complexity index is 455. The van der Waals surface area contributed by atoms with Gasteiger partial charge in [-0.1, -0.05) is 45.2 Å². The van der Waals surface area contributed by atoms with E-state index in [0.29, 0.717) is 0 Å². The molecule has 0 bridgehead atoms. The SMILES string of the molecule is O=S1(=O)C[C@H](I)[C@H](S[C@@H]2CS(=O)(=O)C[C@@H]2I)C1. The Balaban J connectivity index is 2.04. The van der Waals surface area contributed by atoms with Gasteiger partial charge in [0.05, 0.1) is 23.0 Å². The van der Waals surface area contributed by atoms with Crippen LogP contribution in [0.2, 0.25) is 0 Å². The summed E-state index contributed by atoms with van der Waals surface area (Å²) >= 11 is 5.90. The average molecular weight is 522 g/mol. The van der Waals surface area contributed by atoms with E-state index in [9.17, 15) is 16.8 Å². The Morgan fingerprint density at radius 1 is 0.765 bits per heavy atom. The summed E-state index contributed by atoms with van der Waals surface area (Å²) in [5.74, 6) is 0.865. The van der Waals surface area contributed by atoms with Crippen molar-refractivity contribution in [3.05, 3.63) is 0 Å². The average Bonchev–Trinajstić information content (AvgIpc) is 2.50. The van der Waals surface area contributed by atoms with E-state index in [-0.39, 0.29) is 41.4 Å². The van der Waals surface area contributed by atoms with Crippen molar-refractivity contribution < 1.29 is 16.8 Å². The van der Waals surface area contributed by atoms with Crippen LogP contribution in [0, 0.1) is 0 Å². The van der Waals surface area contributed by atoms with Crippen molar-refractivity contribution in [1.29, 1.82) is 0 Å². The highest BCUT2D eigenvalue weighted by Crippen LogP contribution is 2.38. The molecule has 2 saturated heterocycles. The molecule has 2 heterocycles. The molecule has 0 aromatic rings. The first-order chi connectivity index (χ1) is 7.69. The summed E-state index contributed by atoms with van der Waals surface area (Å²) in [6, 6.07) is 0. The molecule has 0 aromatic carbocycles. The van der Waals surface area contributed by atoms with E-state index < -0.39 is 19.7 Å². The minimum atomic E-state index is -2.91. The molecular formula is C8H12I2O4S3. The summed E-state index contributed by atoms with van der Waals surface area (Å²) in [6.07, 6.45) is 0. The summed E-state index contributed by atoms with van der Waals surface area (Å²) in [5, 5.41) is 0.104. The molecule has 4 atom stereocenters. The predicted octanol–water partition coefficient (Wildman–Crippen LogP) is 0.921. The van der Waals surface area contributed by atoms with Gasteiger partial charge in [0.1, 0.15) is 0 Å². The number of hydrogen-bond donors (Lipinski definition) is 0. The zero-order valence-corrected chi connectivity index (χ0v) is 15.5. The van der Waals surface area contributed by atoms with Gasteiger partial charge in [-0.2, -0.15) is 11.8 Å². The van der Waals surface area contributed by atoms with Gasteiger partial charge in [0.15, 0.2) is 19.7 Å². The molecular weight excluding hydrogens is 510 g/mol. The van der Waals surface area contributed by atoms with Crippen molar-refractivity contribution in [2.45, 2.75) is 18.3 Å². The molecule has 17 heavy (non-hydrogen) atoms. The van der Waals surface area contributed by atoms with E-state index in [1.165, 1.54) is 0 Å². The van der Waals surface area contributed by atoms with E-state index in [4.69, 9.17) is 0 Å². The lowest BCUT2D eigenvalue weighted by molar-refractivity contribution is 0.601. The Kier molecular flexibility index (Phi) is 4.66. The molecule has 0 spiro atoms. The topological polar surface area (TPSA) is 68.3 Å². The molecule has 0 N–H and O–H groups in total. The van der Waals surface area contributed by atoms with E-state index in [2.05, 4.69) is 45.2 Å². The molecule has 0 aliphatic carbocycles. The number of halogens is 2. The first-order valence-corrected chi connectivity index (χ1v) is 12.1. The van der Waals surface area contributed by atoms with Gasteiger partial charge < -0.3 is 0 Å². The Hall–Kier alpha value is 1.71. The number of rotatable bonds is 2. The fourth-order valence-electron chi connectivity index (χ4n) is 2.02. The summed E-state index contributed by atoms with van der Waals surface area (Å²) in [7, 11) is -5.83. The smallest absolute Gasteiger partial charge is 0.152 e. The standard InChI is InChI=1S/C8H12I2O4S3/c9-5-1-16(11,12)3-7(5)15-8-4-17(13,14)2-6(8)10/h5-8H,1-4H2/t5-,6-,7+,8+/m0/s1. The molecule has 0 unspecified atom stereocenters. The van der Waals surface area contributed by atoms with Gasteiger partial charge in [-0.3, -0.25) is 0 Å². The molecule has 2 aliphatic rings. The van der Waals surface area contributed by atoms with Gasteiger partial charge in [0.25, 0.3) is 0 Å². The fraction of sp³-hybridized carbons (Fsp3) is 1.00. The summed E-state index contributed by atoms with van der Waals surface area (Å²) in [6.45, 7) is 0. The first-order valence-electron chi connectivity index (χ1n) is 5.03. The molecule has 0 radical (unpaired) electrons. The maximum Gasteiger partial charge on any atom is 0.152 e. The molecule has 0 amide bonds. The summed E-state index contributed by atoms with van der Waals surface area (Å²) in [4.78, 5) is 0. The highest BCUT2D eigenvalue weighted by molar-refractivity contribution is 14.1. The van der Waals surface area contributed by atoms with Crippen molar-refractivity contribution in [2.75, 3.05) is 23.0 Å². The first kappa shape index (κ1) is 15.1. The van der Waals surface area contributed by atoms with Crippen LogP contribution in [0.1, 0.15) is 0 Å². The molecule has 2 rings (SSSR count). The summed E-state index contributed by atoms with van der Waals surface area (Å²) < 4.78 is 46.2. The monoisotopic (exact) mass is 522 g/mol. The number of hydrogen-bond acceptors (Lipinski definition) is 5. The van der Waals surface area contributed by atoms with Crippen LogP contribution in [-0.2, 0) is 19.7 Å². The molecule has 2 fully saturated rings. The van der Waals surface area contributed by atoms with Gasteiger partial charge in [0.2, 0.25) is 0 Å². The number of sulfone groups is 2. The van der Waals surface area contributed by atoms with Gasteiger partial charge in [-0.15, -0.1) is 0 Å². The second kappa shape index (κ2) is 5.24. The highest BCUT2D eigenvalue weighted by atomic mass is 127. The Morgan fingerprint density at radius 3 is 1.35 bits per heavy atom. The molecule has 100 valence electrons. The minimum absolute atomic E-state index is 0.0520. The van der Waals surface area contributed by atoms with Crippen LogP contribution in [0.4, 0.5) is 0 Å². The zero-order chi connectivity index (χ0) is 12.8. The molecule has 4 nitrogen and oxygen atoms in total. The Labute approximate surface area is 133 Å². The van der Waals surface area contributed by atoms with Crippen molar-refractivity contribution in [2.24, 2.45) is 0 Å². The van der Waals surface area contributed by atoms with Crippen LogP contribution >= 0.6 is 56.9 Å². The van der Waals surface area contributed by atoms with E-state index in [0.717, 1.165) is 0 Å². The van der Waals surface area contributed by atoms with Gasteiger partial charge in [-0.25, -0.2) is 16.8 Å². The summed E-state index contributed by atoms with van der Waals surface area (Å²) in [5.41, 5.74) is 0. The zero-order valence-electron chi connectivity index (χ0n) is 8.75. The Morgan fingerprint density at radius 2 is 1.12 bits per heavy atom. The fourth-order valence-corrected chi connectivity index (χ4v) is 13.8. The predicted molar refractivity (Wildman–Crippen MR) is 88.1 cm³/mol. The molecule has 2 aliphatic heterocycles. The highest BCUT2D eigenvalue weighted by Gasteiger charge is 2.43. The molecule has 9 heteroatoms. The van der Waals surface area contributed by atoms with Crippen LogP contribution in [-0.4, -0.2) is 58.2 Å². The van der Waals surface area contributed by atoms with E-state index >= 15 is 0 Å². The van der Waals surface area contributed by atoms with Crippen molar-refractivity contribution in [1.82, 2.24) is 0 Å². The minimum Gasteiger partial charge on any atom is -0.229 e. The maximum atomic E-state index is 11.5. The van der Waals surface area contributed by atoms with Crippen LogP contribution < -0.4 is 0 Å².